The van der Waals surface area contributed by atoms with Crippen LogP contribution >= 0.6 is 0 Å². The van der Waals surface area contributed by atoms with Gasteiger partial charge in [0.1, 0.15) is 6.54 Å². The smallest absolute Gasteiger partial charge is 0.239 e. The normalized spacial score (nSPS) is 10.1. The van der Waals surface area contributed by atoms with Crippen molar-refractivity contribution in [2.75, 3.05) is 6.54 Å². The van der Waals surface area contributed by atoms with Crippen molar-refractivity contribution in [1.29, 1.82) is 0 Å². The minimum Gasteiger partial charge on any atom is -0.355 e. The molecule has 0 aliphatic carbocycles. The first-order valence-electron chi connectivity index (χ1n) is 5.05. The van der Waals surface area contributed by atoms with Gasteiger partial charge in [-0.05, 0) is 6.42 Å². The number of hydrogen-bond donors (Lipinski definition) is 1. The molecule has 0 aliphatic rings. The summed E-state index contributed by atoms with van der Waals surface area (Å²) in [6.45, 7) is 3.29. The van der Waals surface area contributed by atoms with Gasteiger partial charge in [-0.1, -0.05) is 19.8 Å². The molecule has 1 aromatic rings. The molecule has 4 heteroatoms. The SMILES string of the molecule is CCCCCNC(=O)Cn1ccnc1. The molecule has 1 amide bonds. The van der Waals surface area contributed by atoms with Crippen molar-refractivity contribution >= 4 is 5.91 Å². The van der Waals surface area contributed by atoms with E-state index in [1.807, 2.05) is 0 Å². The van der Waals surface area contributed by atoms with Crippen LogP contribution in [0, 0.1) is 0 Å². The average molecular weight is 195 g/mol. The summed E-state index contributed by atoms with van der Waals surface area (Å²) in [5, 5.41) is 2.87. The van der Waals surface area contributed by atoms with Crippen LogP contribution in [0.1, 0.15) is 26.2 Å². The summed E-state index contributed by atoms with van der Waals surface area (Å²) in [5.41, 5.74) is 0. The Kier molecular flexibility index (Phi) is 4.75. The Morgan fingerprint density at radius 1 is 1.50 bits per heavy atom. The van der Waals surface area contributed by atoms with E-state index in [0.717, 1.165) is 13.0 Å². The Labute approximate surface area is 84.3 Å². The number of nitrogens with one attached hydrogen (secondary N) is 1. The molecule has 78 valence electrons. The quantitative estimate of drug-likeness (QED) is 0.693. The van der Waals surface area contributed by atoms with Crippen LogP contribution in [-0.4, -0.2) is 22.0 Å². The minimum absolute atomic E-state index is 0.0547. The molecule has 0 fully saturated rings. The van der Waals surface area contributed by atoms with Crippen molar-refractivity contribution in [1.82, 2.24) is 14.9 Å². The van der Waals surface area contributed by atoms with Crippen LogP contribution in [0.2, 0.25) is 0 Å². The molecule has 1 heterocycles. The van der Waals surface area contributed by atoms with Gasteiger partial charge in [0.25, 0.3) is 0 Å². The van der Waals surface area contributed by atoms with Crippen molar-refractivity contribution in [3.8, 4) is 0 Å². The second-order valence-corrected chi connectivity index (χ2v) is 3.29. The molecule has 0 spiro atoms. The second kappa shape index (κ2) is 6.18. The lowest BCUT2D eigenvalue weighted by Crippen LogP contribution is -2.27. The number of carbonyl (C=O) groups is 1. The fraction of sp³-hybridized carbons (Fsp3) is 0.600. The maximum atomic E-state index is 11.3. The molecule has 0 saturated carbocycles. The van der Waals surface area contributed by atoms with Crippen molar-refractivity contribution in [3.63, 3.8) is 0 Å². The van der Waals surface area contributed by atoms with Crippen LogP contribution in [0.3, 0.4) is 0 Å². The summed E-state index contributed by atoms with van der Waals surface area (Å²) in [5.74, 6) is 0.0547. The fourth-order valence-corrected chi connectivity index (χ4v) is 1.20. The van der Waals surface area contributed by atoms with E-state index in [4.69, 9.17) is 0 Å². The van der Waals surface area contributed by atoms with Gasteiger partial charge in [0.15, 0.2) is 0 Å². The van der Waals surface area contributed by atoms with E-state index in [9.17, 15) is 4.79 Å². The molecule has 0 aliphatic heterocycles. The first-order chi connectivity index (χ1) is 6.83. The van der Waals surface area contributed by atoms with E-state index in [2.05, 4.69) is 17.2 Å². The molecule has 0 bridgehead atoms. The molecular formula is C10H17N3O. The fourth-order valence-electron chi connectivity index (χ4n) is 1.20. The number of unbranched alkanes of at least 4 members (excludes halogenated alkanes) is 2. The second-order valence-electron chi connectivity index (χ2n) is 3.29. The van der Waals surface area contributed by atoms with E-state index in [1.54, 1.807) is 23.3 Å². The predicted molar refractivity (Wildman–Crippen MR) is 54.8 cm³/mol. The highest BCUT2D eigenvalue weighted by Gasteiger charge is 2.00. The molecule has 0 aromatic carbocycles. The zero-order chi connectivity index (χ0) is 10.2. The molecule has 1 aromatic heterocycles. The molecule has 14 heavy (non-hydrogen) atoms. The van der Waals surface area contributed by atoms with Gasteiger partial charge >= 0.3 is 0 Å². The topological polar surface area (TPSA) is 46.9 Å². The Morgan fingerprint density at radius 2 is 2.36 bits per heavy atom. The molecular weight excluding hydrogens is 178 g/mol. The van der Waals surface area contributed by atoms with Crippen LogP contribution in [-0.2, 0) is 11.3 Å². The third-order valence-electron chi connectivity index (χ3n) is 1.99. The number of amides is 1. The summed E-state index contributed by atoms with van der Waals surface area (Å²) in [4.78, 5) is 15.2. The Hall–Kier alpha value is -1.32. The van der Waals surface area contributed by atoms with Gasteiger partial charge in [-0.3, -0.25) is 4.79 Å². The molecule has 1 rings (SSSR count). The lowest BCUT2D eigenvalue weighted by Gasteiger charge is -2.04. The summed E-state index contributed by atoms with van der Waals surface area (Å²) < 4.78 is 1.76. The molecule has 0 saturated heterocycles. The van der Waals surface area contributed by atoms with E-state index < -0.39 is 0 Å². The van der Waals surface area contributed by atoms with Crippen molar-refractivity contribution in [2.24, 2.45) is 0 Å². The van der Waals surface area contributed by atoms with Crippen LogP contribution in [0.5, 0.6) is 0 Å². The number of aromatic nitrogens is 2. The average Bonchev–Trinajstić information content (AvgIpc) is 2.65. The molecule has 0 radical (unpaired) electrons. The van der Waals surface area contributed by atoms with Crippen LogP contribution < -0.4 is 5.32 Å². The highest BCUT2D eigenvalue weighted by Crippen LogP contribution is 1.91. The molecule has 0 atom stereocenters. The summed E-state index contributed by atoms with van der Waals surface area (Å²) in [7, 11) is 0. The van der Waals surface area contributed by atoms with E-state index in [-0.39, 0.29) is 5.91 Å². The first-order valence-corrected chi connectivity index (χ1v) is 5.05. The van der Waals surface area contributed by atoms with Crippen LogP contribution in [0.25, 0.3) is 0 Å². The maximum absolute atomic E-state index is 11.3. The van der Waals surface area contributed by atoms with Crippen LogP contribution in [0.4, 0.5) is 0 Å². The standard InChI is InChI=1S/C10H17N3O/c1-2-3-4-5-12-10(14)8-13-7-6-11-9-13/h6-7,9H,2-5,8H2,1H3,(H,12,14). The number of nitrogens with zero attached hydrogens (tertiary/aromatic N) is 2. The molecule has 0 unspecified atom stereocenters. The van der Waals surface area contributed by atoms with Gasteiger partial charge in [0.2, 0.25) is 5.91 Å². The lowest BCUT2D eigenvalue weighted by molar-refractivity contribution is -0.121. The minimum atomic E-state index is 0.0547. The highest BCUT2D eigenvalue weighted by molar-refractivity contribution is 5.75. The van der Waals surface area contributed by atoms with Crippen LogP contribution in [0.15, 0.2) is 18.7 Å². The third kappa shape index (κ3) is 4.07. The van der Waals surface area contributed by atoms with E-state index in [1.165, 1.54) is 12.8 Å². The highest BCUT2D eigenvalue weighted by atomic mass is 16.1. The van der Waals surface area contributed by atoms with E-state index >= 15 is 0 Å². The van der Waals surface area contributed by atoms with Gasteiger partial charge in [0, 0.05) is 18.9 Å². The van der Waals surface area contributed by atoms with Gasteiger partial charge in [-0.25, -0.2) is 4.98 Å². The monoisotopic (exact) mass is 195 g/mol. The van der Waals surface area contributed by atoms with Gasteiger partial charge in [-0.15, -0.1) is 0 Å². The largest absolute Gasteiger partial charge is 0.355 e. The number of imidazole rings is 1. The molecule has 1 N–H and O–H groups in total. The molecule has 4 nitrogen and oxygen atoms in total. The lowest BCUT2D eigenvalue weighted by atomic mass is 10.2. The van der Waals surface area contributed by atoms with Crippen molar-refractivity contribution < 1.29 is 4.79 Å². The predicted octanol–water partition coefficient (Wildman–Crippen LogP) is 1.19. The third-order valence-corrected chi connectivity index (χ3v) is 1.99. The Bertz CT molecular complexity index is 256. The van der Waals surface area contributed by atoms with Gasteiger partial charge in [0.05, 0.1) is 6.33 Å². The number of hydrogen-bond acceptors (Lipinski definition) is 2. The Morgan fingerprint density at radius 3 is 3.00 bits per heavy atom. The summed E-state index contributed by atoms with van der Waals surface area (Å²) >= 11 is 0. The number of rotatable bonds is 6. The maximum Gasteiger partial charge on any atom is 0.239 e. The summed E-state index contributed by atoms with van der Waals surface area (Å²) in [6.07, 6.45) is 8.51. The van der Waals surface area contributed by atoms with Crippen molar-refractivity contribution in [2.45, 2.75) is 32.7 Å². The Balaban J connectivity index is 2.11. The van der Waals surface area contributed by atoms with Gasteiger partial charge in [-0.2, -0.15) is 0 Å². The van der Waals surface area contributed by atoms with Crippen molar-refractivity contribution in [3.05, 3.63) is 18.7 Å². The zero-order valence-electron chi connectivity index (χ0n) is 8.57. The number of carbonyl (C=O) groups excluding carboxylic acids is 1. The first kappa shape index (κ1) is 10.8. The van der Waals surface area contributed by atoms with Gasteiger partial charge < -0.3 is 9.88 Å². The zero-order valence-corrected chi connectivity index (χ0v) is 8.57. The summed E-state index contributed by atoms with van der Waals surface area (Å²) in [6, 6.07) is 0. The van der Waals surface area contributed by atoms with E-state index in [0.29, 0.717) is 6.54 Å².